The highest BCUT2D eigenvalue weighted by molar-refractivity contribution is 4.54. The number of aryl methyl sites for hydroxylation is 1. The van der Waals surface area contributed by atoms with Crippen molar-refractivity contribution < 1.29 is 33.4 Å². The summed E-state index contributed by atoms with van der Waals surface area (Å²) in [6, 6.07) is 0. The second-order valence-electron chi connectivity index (χ2n) is 1.65. The van der Waals surface area contributed by atoms with Gasteiger partial charge in [-0.25, -0.2) is 23.2 Å². The molecule has 0 spiro atoms. The number of aromatic amines is 1. The minimum Gasteiger partial charge on any atom is -0.250 e. The molecular formula is C4H7ClN2O4. The third-order valence-corrected chi connectivity index (χ3v) is 0.684. The Kier molecular flexibility index (Phi) is 4.01. The van der Waals surface area contributed by atoms with Crippen molar-refractivity contribution >= 4 is 0 Å². The van der Waals surface area contributed by atoms with E-state index in [0.29, 0.717) is 0 Å². The van der Waals surface area contributed by atoms with Gasteiger partial charge in [-0.3, -0.25) is 4.98 Å². The van der Waals surface area contributed by atoms with E-state index in [-0.39, 0.29) is 0 Å². The molecule has 0 saturated carbocycles. The maximum atomic E-state index is 8.49. The van der Waals surface area contributed by atoms with E-state index in [2.05, 4.69) is 4.98 Å². The zero-order valence-corrected chi connectivity index (χ0v) is 6.45. The second-order valence-corrected chi connectivity index (χ2v) is 2.41. The molecule has 0 aliphatic carbocycles. The van der Waals surface area contributed by atoms with Crippen molar-refractivity contribution in [3.8, 4) is 0 Å². The van der Waals surface area contributed by atoms with Crippen LogP contribution in [0.1, 0.15) is 0 Å². The number of nitrogens with zero attached hydrogens (tertiary/aromatic N) is 1. The number of rotatable bonds is 0. The third kappa shape index (κ3) is 12.5. The summed E-state index contributed by atoms with van der Waals surface area (Å²) in [5.41, 5.74) is 0. The van der Waals surface area contributed by atoms with Crippen LogP contribution in [0.5, 0.6) is 0 Å². The first-order chi connectivity index (χ1) is 4.89. The van der Waals surface area contributed by atoms with Crippen LogP contribution in [-0.2, 0) is 7.05 Å². The van der Waals surface area contributed by atoms with E-state index in [0.717, 1.165) is 0 Å². The molecule has 0 saturated heterocycles. The van der Waals surface area contributed by atoms with E-state index < -0.39 is 10.2 Å². The molecule has 0 fully saturated rings. The predicted molar refractivity (Wildman–Crippen MR) is 22.0 cm³/mol. The summed E-state index contributed by atoms with van der Waals surface area (Å²) in [7, 11) is -2.98. The summed E-state index contributed by atoms with van der Waals surface area (Å²) in [6.07, 6.45) is 5.69. The minimum absolute atomic E-state index is 1.88. The molecule has 1 rings (SSSR count). The van der Waals surface area contributed by atoms with Crippen LogP contribution in [0.25, 0.3) is 0 Å². The standard InChI is InChI=1S/C4H6N2.ClHO4/c1-6-3-2-5-4-6;2-1(3,4)5/h2-4H,1H3;(H,2,3,4,5). The zero-order valence-electron chi connectivity index (χ0n) is 5.69. The van der Waals surface area contributed by atoms with Gasteiger partial charge in [0.15, 0.2) is 0 Å². The van der Waals surface area contributed by atoms with Crippen LogP contribution in [0.3, 0.4) is 0 Å². The Morgan fingerprint density at radius 2 is 1.73 bits per heavy atom. The van der Waals surface area contributed by atoms with Gasteiger partial charge >= 0.3 is 0 Å². The summed E-state index contributed by atoms with van der Waals surface area (Å²) < 4.78 is 35.9. The molecule has 64 valence electrons. The minimum atomic E-state index is -4.94. The van der Waals surface area contributed by atoms with E-state index in [4.69, 9.17) is 18.6 Å². The molecule has 0 aliphatic heterocycles. The van der Waals surface area contributed by atoms with Gasteiger partial charge in [0.05, 0.1) is 7.05 Å². The van der Waals surface area contributed by atoms with Crippen molar-refractivity contribution in [2.45, 2.75) is 0 Å². The third-order valence-electron chi connectivity index (χ3n) is 0.684. The van der Waals surface area contributed by atoms with E-state index in [9.17, 15) is 0 Å². The molecule has 7 heteroatoms. The lowest BCUT2D eigenvalue weighted by Crippen LogP contribution is -2.68. The molecule has 0 aliphatic rings. The van der Waals surface area contributed by atoms with Gasteiger partial charge in [-0.1, -0.05) is 0 Å². The van der Waals surface area contributed by atoms with Gasteiger partial charge in [0.2, 0.25) is 6.33 Å². The molecular weight excluding hydrogens is 176 g/mol. The molecule has 6 nitrogen and oxygen atoms in total. The van der Waals surface area contributed by atoms with Crippen LogP contribution < -0.4 is 23.2 Å². The quantitative estimate of drug-likeness (QED) is 0.405. The summed E-state index contributed by atoms with van der Waals surface area (Å²) in [6.45, 7) is 0. The van der Waals surface area contributed by atoms with Gasteiger partial charge in [-0.15, -0.1) is 10.2 Å². The lowest BCUT2D eigenvalue weighted by Gasteiger charge is -2.17. The molecule has 1 aromatic heterocycles. The molecule has 0 bridgehead atoms. The van der Waals surface area contributed by atoms with Gasteiger partial charge in [-0.05, 0) is 0 Å². The highest BCUT2D eigenvalue weighted by atomic mass is 35.7. The predicted octanol–water partition coefficient (Wildman–Crippen LogP) is -4.92. The van der Waals surface area contributed by atoms with Gasteiger partial charge in [-0.2, -0.15) is 0 Å². The van der Waals surface area contributed by atoms with E-state index in [1.807, 2.05) is 30.3 Å². The molecule has 0 aromatic carbocycles. The molecule has 11 heavy (non-hydrogen) atoms. The highest BCUT2D eigenvalue weighted by Gasteiger charge is 1.84. The van der Waals surface area contributed by atoms with Crippen molar-refractivity contribution in [1.29, 1.82) is 0 Å². The Labute approximate surface area is 65.1 Å². The average molecular weight is 183 g/mol. The first-order valence-corrected chi connectivity index (χ1v) is 3.73. The second kappa shape index (κ2) is 4.27. The lowest BCUT2D eigenvalue weighted by atomic mass is 10.9. The molecule has 0 unspecified atom stereocenters. The maximum Gasteiger partial charge on any atom is 0.241 e. The number of hydrogen-bond acceptors (Lipinski definition) is 4. The first-order valence-electron chi connectivity index (χ1n) is 2.49. The maximum absolute atomic E-state index is 8.49. The number of H-pyrrole nitrogens is 1. The van der Waals surface area contributed by atoms with Gasteiger partial charge in [0.1, 0.15) is 12.4 Å². The van der Waals surface area contributed by atoms with Crippen molar-refractivity contribution in [3.05, 3.63) is 18.7 Å². The normalized spacial score (nSPS) is 10.3. The van der Waals surface area contributed by atoms with Crippen LogP contribution in [0, 0.1) is 10.2 Å². The van der Waals surface area contributed by atoms with Crippen LogP contribution in [0.4, 0.5) is 0 Å². The molecule has 0 atom stereocenters. The number of hydrogen-bond donors (Lipinski definition) is 1. The largest absolute Gasteiger partial charge is 0.250 e. The fourth-order valence-corrected chi connectivity index (χ4v) is 0.364. The average Bonchev–Trinajstić information content (AvgIpc) is 2.12. The van der Waals surface area contributed by atoms with E-state index in [1.54, 1.807) is 0 Å². The summed E-state index contributed by atoms with van der Waals surface area (Å²) in [5.74, 6) is 0. The number of aromatic nitrogens is 2. The van der Waals surface area contributed by atoms with Crippen LogP contribution in [0.2, 0.25) is 0 Å². The van der Waals surface area contributed by atoms with Crippen molar-refractivity contribution in [3.63, 3.8) is 0 Å². The number of nitrogens with one attached hydrogen (secondary N) is 1. The Hall–Kier alpha value is -0.660. The number of halogens is 1. The summed E-state index contributed by atoms with van der Waals surface area (Å²) in [5, 5.41) is 0. The van der Waals surface area contributed by atoms with E-state index in [1.165, 1.54) is 0 Å². The molecule has 0 amide bonds. The molecule has 1 aromatic rings. The molecule has 1 N–H and O–H groups in total. The Morgan fingerprint density at radius 1 is 1.27 bits per heavy atom. The van der Waals surface area contributed by atoms with Crippen LogP contribution >= 0.6 is 0 Å². The fourth-order valence-electron chi connectivity index (χ4n) is 0.364. The van der Waals surface area contributed by atoms with Gasteiger partial charge < -0.3 is 0 Å². The van der Waals surface area contributed by atoms with Gasteiger partial charge in [0, 0.05) is 0 Å². The zero-order chi connectivity index (χ0) is 8.91. The summed E-state index contributed by atoms with van der Waals surface area (Å²) in [4.78, 5) is 2.89. The highest BCUT2D eigenvalue weighted by Crippen LogP contribution is 1.59. The van der Waals surface area contributed by atoms with Crippen molar-refractivity contribution in [1.82, 2.24) is 4.98 Å². The van der Waals surface area contributed by atoms with Crippen LogP contribution in [-0.4, -0.2) is 4.98 Å². The fraction of sp³-hybridized carbons (Fsp3) is 0.250. The van der Waals surface area contributed by atoms with Crippen molar-refractivity contribution in [2.75, 3.05) is 0 Å². The first kappa shape index (κ1) is 10.3. The topological polar surface area (TPSA) is 112 Å². The number of imidazole rings is 1. The summed E-state index contributed by atoms with van der Waals surface area (Å²) >= 11 is 0. The Bertz CT molecular complexity index is 176. The molecule has 1 heterocycles. The van der Waals surface area contributed by atoms with Crippen LogP contribution in [0.15, 0.2) is 18.7 Å². The van der Waals surface area contributed by atoms with E-state index >= 15 is 0 Å². The Balaban J connectivity index is 0.000000187. The van der Waals surface area contributed by atoms with Crippen molar-refractivity contribution in [2.24, 2.45) is 7.05 Å². The Morgan fingerprint density at radius 3 is 1.82 bits per heavy atom. The SMILES string of the molecule is C[n+]1cc[nH]c1.[O-][Cl+3]([O-])([O-])[O-]. The molecule has 0 radical (unpaired) electrons. The van der Waals surface area contributed by atoms with Gasteiger partial charge in [0.25, 0.3) is 0 Å². The monoisotopic (exact) mass is 182 g/mol. The lowest BCUT2D eigenvalue weighted by molar-refractivity contribution is -2.00. The smallest absolute Gasteiger partial charge is 0.241 e.